The second-order valence-corrected chi connectivity index (χ2v) is 11.1. The first-order valence-electron chi connectivity index (χ1n) is 10.9. The Kier molecular flexibility index (Phi) is 9.49. The molecule has 196 valence electrons. The number of ether oxygens (including phenoxy) is 3. The number of hydrogen-bond donors (Lipinski definition) is 2. The minimum Gasteiger partial charge on any atom is -0.497 e. The molecule has 1 heterocycles. The Hall–Kier alpha value is -2.85. The van der Waals surface area contributed by atoms with Crippen LogP contribution in [0.5, 0.6) is 17.2 Å². The third-order valence-electron chi connectivity index (χ3n) is 5.16. The summed E-state index contributed by atoms with van der Waals surface area (Å²) in [5.74, 6) is 0.499. The molecule has 4 rings (SSSR count). The molecular formula is C26H20FI2N3O5S. The summed E-state index contributed by atoms with van der Waals surface area (Å²) in [5, 5.41) is 17.2. The normalized spacial score (nSPS) is 11.3. The van der Waals surface area contributed by atoms with Gasteiger partial charge >= 0.3 is 5.97 Å². The van der Waals surface area contributed by atoms with Crippen LogP contribution < -0.4 is 14.2 Å². The lowest BCUT2D eigenvalue weighted by atomic mass is 10.2. The second kappa shape index (κ2) is 12.8. The number of benzene rings is 3. The highest BCUT2D eigenvalue weighted by Gasteiger charge is 2.18. The van der Waals surface area contributed by atoms with E-state index >= 15 is 0 Å². The Morgan fingerprint density at radius 2 is 1.82 bits per heavy atom. The minimum absolute atomic E-state index is 0.00601. The summed E-state index contributed by atoms with van der Waals surface area (Å²) in [6.45, 7) is -0.00601. The number of methoxy groups -OCH3 is 2. The lowest BCUT2D eigenvalue weighted by Crippen LogP contribution is -2.03. The van der Waals surface area contributed by atoms with E-state index in [0.29, 0.717) is 39.8 Å². The van der Waals surface area contributed by atoms with Crippen molar-refractivity contribution in [3.63, 3.8) is 0 Å². The summed E-state index contributed by atoms with van der Waals surface area (Å²) < 4.78 is 32.3. The molecule has 38 heavy (non-hydrogen) atoms. The van der Waals surface area contributed by atoms with Gasteiger partial charge in [-0.3, -0.25) is 5.10 Å². The smallest absolute Gasteiger partial charge is 0.342 e. The Morgan fingerprint density at radius 1 is 1.11 bits per heavy atom. The highest BCUT2D eigenvalue weighted by molar-refractivity contribution is 14.1. The molecule has 2 N–H and O–H groups in total. The SMILES string of the molecule is COc1cc(OC)cc(-c2nc(S/C(=C\c3cc(I)cc(I)c3OCc3ccccc3F)C(=O)O)n[nH]2)c1. The highest BCUT2D eigenvalue weighted by Crippen LogP contribution is 2.35. The lowest BCUT2D eigenvalue weighted by molar-refractivity contribution is -0.131. The third-order valence-corrected chi connectivity index (χ3v) is 7.46. The summed E-state index contributed by atoms with van der Waals surface area (Å²) >= 11 is 5.15. The van der Waals surface area contributed by atoms with E-state index in [-0.39, 0.29) is 22.5 Å². The zero-order chi connectivity index (χ0) is 27.2. The molecule has 0 aliphatic heterocycles. The van der Waals surface area contributed by atoms with Crippen molar-refractivity contribution in [3.8, 4) is 28.6 Å². The number of carbonyl (C=O) groups is 1. The van der Waals surface area contributed by atoms with Gasteiger partial charge in [-0.25, -0.2) is 14.2 Å². The van der Waals surface area contributed by atoms with Crippen molar-refractivity contribution in [1.29, 1.82) is 0 Å². The highest BCUT2D eigenvalue weighted by atomic mass is 127. The number of rotatable bonds is 10. The first-order valence-corrected chi connectivity index (χ1v) is 13.9. The van der Waals surface area contributed by atoms with Crippen molar-refractivity contribution >= 4 is 69.0 Å². The van der Waals surface area contributed by atoms with Crippen LogP contribution in [0, 0.1) is 13.0 Å². The molecule has 0 fully saturated rings. The lowest BCUT2D eigenvalue weighted by Gasteiger charge is -2.13. The molecule has 1 aromatic heterocycles. The molecule has 8 nitrogen and oxygen atoms in total. The van der Waals surface area contributed by atoms with Crippen molar-refractivity contribution in [1.82, 2.24) is 15.2 Å². The number of thioether (sulfide) groups is 1. The van der Waals surface area contributed by atoms with E-state index in [0.717, 1.165) is 18.9 Å². The number of hydrogen-bond acceptors (Lipinski definition) is 7. The summed E-state index contributed by atoms with van der Waals surface area (Å²) in [6, 6.07) is 15.3. The van der Waals surface area contributed by atoms with Crippen LogP contribution >= 0.6 is 56.9 Å². The maximum atomic E-state index is 14.1. The standard InChI is InChI=1S/C26H20FI2N3O5S/c1-35-18-8-16(9-19(12-18)36-2)24-30-26(32-31-24)38-22(25(33)34)10-15-7-17(28)11-21(29)23(15)37-13-14-5-3-4-6-20(14)27/h3-12H,13H2,1-2H3,(H,33,34)(H,30,31,32)/b22-10-. The molecule has 0 aliphatic rings. The van der Waals surface area contributed by atoms with E-state index in [1.54, 1.807) is 56.7 Å². The first kappa shape index (κ1) is 28.2. The molecule has 0 amide bonds. The summed E-state index contributed by atoms with van der Waals surface area (Å²) in [6.07, 6.45) is 1.50. The Labute approximate surface area is 249 Å². The van der Waals surface area contributed by atoms with Crippen molar-refractivity contribution in [2.45, 2.75) is 11.8 Å². The molecule has 0 atom stereocenters. The molecule has 0 saturated heterocycles. The molecule has 0 spiro atoms. The number of carboxylic acid groups (broad SMARTS) is 1. The number of halogens is 3. The maximum Gasteiger partial charge on any atom is 0.342 e. The Balaban J connectivity index is 1.63. The van der Waals surface area contributed by atoms with Crippen LogP contribution in [0.25, 0.3) is 17.5 Å². The van der Waals surface area contributed by atoms with Gasteiger partial charge in [-0.05, 0) is 93.4 Å². The zero-order valence-electron chi connectivity index (χ0n) is 20.0. The van der Waals surface area contributed by atoms with Crippen LogP contribution in [0.1, 0.15) is 11.1 Å². The topological polar surface area (TPSA) is 107 Å². The molecule has 0 bridgehead atoms. The van der Waals surface area contributed by atoms with Gasteiger partial charge in [0.15, 0.2) is 5.82 Å². The largest absolute Gasteiger partial charge is 0.497 e. The van der Waals surface area contributed by atoms with Crippen LogP contribution in [0.3, 0.4) is 0 Å². The zero-order valence-corrected chi connectivity index (χ0v) is 25.1. The van der Waals surface area contributed by atoms with Crippen molar-refractivity contribution < 1.29 is 28.5 Å². The van der Waals surface area contributed by atoms with Gasteiger partial charge in [0.25, 0.3) is 0 Å². The number of aromatic amines is 1. The Bertz CT molecular complexity index is 1490. The number of aromatic nitrogens is 3. The molecule has 3 aromatic carbocycles. The minimum atomic E-state index is -1.15. The van der Waals surface area contributed by atoms with Gasteiger partial charge in [-0.15, -0.1) is 5.10 Å². The number of aliphatic carboxylic acids is 1. The van der Waals surface area contributed by atoms with Crippen molar-refractivity contribution in [2.24, 2.45) is 0 Å². The third kappa shape index (κ3) is 6.96. The van der Waals surface area contributed by atoms with Crippen LogP contribution in [0.4, 0.5) is 4.39 Å². The van der Waals surface area contributed by atoms with Crippen LogP contribution in [0.15, 0.2) is 64.7 Å². The molecule has 0 saturated carbocycles. The summed E-state index contributed by atoms with van der Waals surface area (Å²) in [4.78, 5) is 16.6. The molecule has 4 aromatic rings. The number of nitrogens with one attached hydrogen (secondary N) is 1. The van der Waals surface area contributed by atoms with Crippen molar-refractivity contribution in [2.75, 3.05) is 14.2 Å². The second-order valence-electron chi connectivity index (χ2n) is 7.67. The average Bonchev–Trinajstić information content (AvgIpc) is 3.37. The van der Waals surface area contributed by atoms with E-state index in [4.69, 9.17) is 14.2 Å². The van der Waals surface area contributed by atoms with Gasteiger partial charge in [-0.2, -0.15) is 0 Å². The van der Waals surface area contributed by atoms with Gasteiger partial charge in [0.05, 0.1) is 17.8 Å². The van der Waals surface area contributed by atoms with E-state index in [1.807, 2.05) is 6.07 Å². The molecule has 12 heteroatoms. The molecule has 0 unspecified atom stereocenters. The molecule has 0 aliphatic carbocycles. The van der Waals surface area contributed by atoms with Crippen molar-refractivity contribution in [3.05, 3.63) is 83.6 Å². The monoisotopic (exact) mass is 759 g/mol. The van der Waals surface area contributed by atoms with Gasteiger partial charge < -0.3 is 19.3 Å². The molecule has 0 radical (unpaired) electrons. The maximum absolute atomic E-state index is 14.1. The van der Waals surface area contributed by atoms with Gasteiger partial charge in [-0.1, -0.05) is 18.2 Å². The van der Waals surface area contributed by atoms with E-state index < -0.39 is 5.97 Å². The number of carboxylic acids is 1. The van der Waals surface area contributed by atoms with E-state index in [1.165, 1.54) is 12.1 Å². The Morgan fingerprint density at radius 3 is 2.47 bits per heavy atom. The quantitative estimate of drug-likeness (QED) is 0.106. The average molecular weight is 759 g/mol. The fourth-order valence-corrected chi connectivity index (χ4v) is 6.09. The first-order chi connectivity index (χ1) is 18.3. The molecular weight excluding hydrogens is 739 g/mol. The summed E-state index contributed by atoms with van der Waals surface area (Å²) in [7, 11) is 3.09. The fraction of sp³-hybridized carbons (Fsp3) is 0.115. The predicted octanol–water partition coefficient (Wildman–Crippen LogP) is 6.63. The van der Waals surface area contributed by atoms with E-state index in [2.05, 4.69) is 60.4 Å². The number of H-pyrrole nitrogens is 1. The fourth-order valence-electron chi connectivity index (χ4n) is 3.34. The van der Waals surface area contributed by atoms with Crippen LogP contribution in [-0.4, -0.2) is 40.5 Å². The van der Waals surface area contributed by atoms with Crippen LogP contribution in [-0.2, 0) is 11.4 Å². The van der Waals surface area contributed by atoms with E-state index in [9.17, 15) is 14.3 Å². The van der Waals surface area contributed by atoms with Crippen LogP contribution in [0.2, 0.25) is 0 Å². The predicted molar refractivity (Wildman–Crippen MR) is 159 cm³/mol. The number of nitrogens with zero attached hydrogens (tertiary/aromatic N) is 2. The summed E-state index contributed by atoms with van der Waals surface area (Å²) in [5.41, 5.74) is 1.60. The van der Waals surface area contributed by atoms with Gasteiger partial charge in [0.2, 0.25) is 5.16 Å². The van der Waals surface area contributed by atoms with Gasteiger partial charge in [0, 0.05) is 26.3 Å². The van der Waals surface area contributed by atoms with Gasteiger partial charge in [0.1, 0.15) is 34.6 Å².